The minimum Gasteiger partial charge on any atom is -0.325 e. The van der Waals surface area contributed by atoms with Gasteiger partial charge in [0.25, 0.3) is 0 Å². The Morgan fingerprint density at radius 2 is 2.19 bits per heavy atom. The number of amides is 1. The van der Waals surface area contributed by atoms with Crippen LogP contribution < -0.4 is 10.6 Å². The normalized spacial score (nSPS) is 26.1. The van der Waals surface area contributed by atoms with Crippen LogP contribution in [0.15, 0.2) is 24.3 Å². The molecule has 0 bridgehead atoms. The third-order valence-corrected chi connectivity index (χ3v) is 4.61. The Balaban J connectivity index is 1.61. The van der Waals surface area contributed by atoms with E-state index in [4.69, 9.17) is 0 Å². The number of nitrogens with zero attached hydrogens (tertiary/aromatic N) is 1. The summed E-state index contributed by atoms with van der Waals surface area (Å²) in [6, 6.07) is 8.21. The van der Waals surface area contributed by atoms with Crippen molar-refractivity contribution >= 4 is 11.6 Å². The molecule has 2 N–H and O–H groups in total. The van der Waals surface area contributed by atoms with E-state index in [0.29, 0.717) is 5.92 Å². The fraction of sp³-hybridized carbons (Fsp3) is 0.588. The van der Waals surface area contributed by atoms with Crippen molar-refractivity contribution in [3.63, 3.8) is 0 Å². The van der Waals surface area contributed by atoms with Crippen molar-refractivity contribution in [2.45, 2.75) is 38.8 Å². The minimum absolute atomic E-state index is 0.0489. The van der Waals surface area contributed by atoms with Crippen LogP contribution in [0, 0.1) is 5.92 Å². The topological polar surface area (TPSA) is 44.4 Å². The predicted molar refractivity (Wildman–Crippen MR) is 85.2 cm³/mol. The summed E-state index contributed by atoms with van der Waals surface area (Å²) in [5, 5.41) is 6.34. The summed E-state index contributed by atoms with van der Waals surface area (Å²) in [6.07, 6.45) is 3.69. The van der Waals surface area contributed by atoms with Crippen molar-refractivity contribution in [2.75, 3.05) is 25.0 Å². The van der Waals surface area contributed by atoms with Gasteiger partial charge in [-0.25, -0.2) is 0 Å². The van der Waals surface area contributed by atoms with Crippen molar-refractivity contribution < 1.29 is 4.79 Å². The number of benzene rings is 1. The molecule has 2 unspecified atom stereocenters. The fourth-order valence-corrected chi connectivity index (χ4v) is 3.35. The van der Waals surface area contributed by atoms with E-state index in [2.05, 4.69) is 34.6 Å². The monoisotopic (exact) mass is 287 g/mol. The van der Waals surface area contributed by atoms with Crippen LogP contribution in [0.3, 0.4) is 0 Å². The molecular weight excluding hydrogens is 262 g/mol. The average Bonchev–Trinajstić information content (AvgIpc) is 3.10. The van der Waals surface area contributed by atoms with Crippen molar-refractivity contribution in [2.24, 2.45) is 5.92 Å². The van der Waals surface area contributed by atoms with E-state index in [1.807, 2.05) is 12.1 Å². The quantitative estimate of drug-likeness (QED) is 0.892. The molecule has 2 atom stereocenters. The van der Waals surface area contributed by atoms with Crippen molar-refractivity contribution in [3.05, 3.63) is 29.8 Å². The third-order valence-electron chi connectivity index (χ3n) is 4.61. The van der Waals surface area contributed by atoms with E-state index in [-0.39, 0.29) is 11.9 Å². The maximum Gasteiger partial charge on any atom is 0.241 e. The van der Waals surface area contributed by atoms with Crippen LogP contribution in [0.5, 0.6) is 0 Å². The molecular formula is C17H25N3O. The Hall–Kier alpha value is -1.39. The van der Waals surface area contributed by atoms with Gasteiger partial charge >= 0.3 is 0 Å². The SMILES string of the molecule is CC1CCNC1C(=O)Nc1cccc(CN2CCCC2)c1. The molecule has 1 aromatic rings. The smallest absolute Gasteiger partial charge is 0.241 e. The molecule has 0 aromatic heterocycles. The lowest BCUT2D eigenvalue weighted by molar-refractivity contribution is -0.118. The highest BCUT2D eigenvalue weighted by Gasteiger charge is 2.29. The molecule has 2 fully saturated rings. The predicted octanol–water partition coefficient (Wildman–Crippen LogP) is 2.22. The maximum atomic E-state index is 12.3. The number of carbonyl (C=O) groups is 1. The Labute approximate surface area is 126 Å². The summed E-state index contributed by atoms with van der Waals surface area (Å²) in [5.41, 5.74) is 2.19. The molecule has 0 radical (unpaired) electrons. The highest BCUT2D eigenvalue weighted by atomic mass is 16.2. The van der Waals surface area contributed by atoms with Gasteiger partial charge in [0.1, 0.15) is 0 Å². The zero-order chi connectivity index (χ0) is 14.7. The third kappa shape index (κ3) is 3.63. The summed E-state index contributed by atoms with van der Waals surface area (Å²) >= 11 is 0. The van der Waals surface area contributed by atoms with Crippen LogP contribution in [0.2, 0.25) is 0 Å². The second-order valence-corrected chi connectivity index (χ2v) is 6.37. The Morgan fingerprint density at radius 3 is 2.90 bits per heavy atom. The van der Waals surface area contributed by atoms with Crippen LogP contribution in [0.1, 0.15) is 31.7 Å². The number of nitrogens with one attached hydrogen (secondary N) is 2. The highest BCUT2D eigenvalue weighted by Crippen LogP contribution is 2.19. The lowest BCUT2D eigenvalue weighted by Crippen LogP contribution is -2.39. The minimum atomic E-state index is -0.0489. The summed E-state index contributed by atoms with van der Waals surface area (Å²) in [6.45, 7) is 6.45. The molecule has 4 nitrogen and oxygen atoms in total. The van der Waals surface area contributed by atoms with Gasteiger partial charge in [0.15, 0.2) is 0 Å². The molecule has 2 saturated heterocycles. The van der Waals surface area contributed by atoms with Crippen molar-refractivity contribution in [1.29, 1.82) is 0 Å². The molecule has 21 heavy (non-hydrogen) atoms. The molecule has 1 amide bonds. The Morgan fingerprint density at radius 1 is 1.38 bits per heavy atom. The first-order chi connectivity index (χ1) is 10.2. The molecule has 1 aromatic carbocycles. The molecule has 114 valence electrons. The van der Waals surface area contributed by atoms with E-state index < -0.39 is 0 Å². The van der Waals surface area contributed by atoms with E-state index >= 15 is 0 Å². The molecule has 2 aliphatic rings. The molecule has 3 rings (SSSR count). The molecule has 0 aliphatic carbocycles. The zero-order valence-corrected chi connectivity index (χ0v) is 12.8. The van der Waals surface area contributed by atoms with Crippen LogP contribution in [-0.4, -0.2) is 36.5 Å². The number of likely N-dealkylation sites (tertiary alicyclic amines) is 1. The second-order valence-electron chi connectivity index (χ2n) is 6.37. The van der Waals surface area contributed by atoms with Gasteiger partial charge in [0, 0.05) is 12.2 Å². The Kier molecular flexibility index (Phi) is 4.56. The van der Waals surface area contributed by atoms with Crippen LogP contribution in [-0.2, 0) is 11.3 Å². The number of hydrogen-bond donors (Lipinski definition) is 2. The molecule has 2 aliphatic heterocycles. The van der Waals surface area contributed by atoms with E-state index in [1.165, 1.54) is 31.5 Å². The number of rotatable bonds is 4. The zero-order valence-electron chi connectivity index (χ0n) is 12.8. The summed E-state index contributed by atoms with van der Waals surface area (Å²) in [5.74, 6) is 0.510. The van der Waals surface area contributed by atoms with Crippen molar-refractivity contribution in [1.82, 2.24) is 10.2 Å². The van der Waals surface area contributed by atoms with Gasteiger partial charge in [-0.1, -0.05) is 19.1 Å². The number of hydrogen-bond acceptors (Lipinski definition) is 3. The molecule has 2 heterocycles. The number of carbonyl (C=O) groups excluding carboxylic acids is 1. The maximum absolute atomic E-state index is 12.3. The second kappa shape index (κ2) is 6.58. The van der Waals surface area contributed by atoms with Gasteiger partial charge in [-0.2, -0.15) is 0 Å². The first-order valence-corrected chi connectivity index (χ1v) is 8.08. The van der Waals surface area contributed by atoms with E-state index in [1.54, 1.807) is 0 Å². The van der Waals surface area contributed by atoms with Crippen LogP contribution >= 0.6 is 0 Å². The number of anilines is 1. The van der Waals surface area contributed by atoms with Gasteiger partial charge in [-0.15, -0.1) is 0 Å². The van der Waals surface area contributed by atoms with E-state index in [0.717, 1.165) is 25.2 Å². The summed E-state index contributed by atoms with van der Waals surface area (Å²) in [4.78, 5) is 14.8. The Bertz CT molecular complexity index is 497. The first kappa shape index (κ1) is 14.5. The largest absolute Gasteiger partial charge is 0.325 e. The highest BCUT2D eigenvalue weighted by molar-refractivity contribution is 5.95. The average molecular weight is 287 g/mol. The van der Waals surface area contributed by atoms with Crippen LogP contribution in [0.25, 0.3) is 0 Å². The molecule has 4 heteroatoms. The summed E-state index contributed by atoms with van der Waals surface area (Å²) < 4.78 is 0. The van der Waals surface area contributed by atoms with Crippen LogP contribution in [0.4, 0.5) is 5.69 Å². The molecule has 0 saturated carbocycles. The van der Waals surface area contributed by atoms with E-state index in [9.17, 15) is 4.79 Å². The van der Waals surface area contributed by atoms with Gasteiger partial charge in [0.05, 0.1) is 6.04 Å². The van der Waals surface area contributed by atoms with Gasteiger partial charge in [-0.3, -0.25) is 9.69 Å². The molecule has 0 spiro atoms. The van der Waals surface area contributed by atoms with Gasteiger partial charge in [-0.05, 0) is 62.5 Å². The first-order valence-electron chi connectivity index (χ1n) is 8.08. The fourth-order valence-electron chi connectivity index (χ4n) is 3.35. The lowest BCUT2D eigenvalue weighted by atomic mass is 10.0. The lowest BCUT2D eigenvalue weighted by Gasteiger charge is -2.17. The van der Waals surface area contributed by atoms with Gasteiger partial charge in [0.2, 0.25) is 5.91 Å². The summed E-state index contributed by atoms with van der Waals surface area (Å²) in [7, 11) is 0. The standard InChI is InChI=1S/C17H25N3O/c1-13-7-8-18-16(13)17(21)19-15-6-4-5-14(11-15)12-20-9-2-3-10-20/h4-6,11,13,16,18H,2-3,7-10,12H2,1H3,(H,19,21). The van der Waals surface area contributed by atoms with Gasteiger partial charge < -0.3 is 10.6 Å². The van der Waals surface area contributed by atoms with Crippen molar-refractivity contribution in [3.8, 4) is 0 Å².